The molecule has 132 valence electrons. The van der Waals surface area contributed by atoms with E-state index >= 15 is 0 Å². The quantitative estimate of drug-likeness (QED) is 0.661. The molecule has 25 heavy (non-hydrogen) atoms. The molecule has 1 N–H and O–H groups in total. The first-order valence-electron chi connectivity index (χ1n) is 7.36. The molecule has 2 aromatic carbocycles. The van der Waals surface area contributed by atoms with Crippen LogP contribution in [0, 0.1) is 0 Å². The fraction of sp³-hybridized carbons (Fsp3) is 0.188. The van der Waals surface area contributed by atoms with Gasteiger partial charge in [-0.25, -0.2) is 13.2 Å². The fourth-order valence-electron chi connectivity index (χ4n) is 2.50. The van der Waals surface area contributed by atoms with Crippen molar-refractivity contribution in [2.24, 2.45) is 0 Å². The Bertz CT molecular complexity index is 1100. The highest BCUT2D eigenvalue weighted by atomic mass is 35.5. The van der Waals surface area contributed by atoms with Crippen LogP contribution >= 0.6 is 23.4 Å². The third-order valence-electron chi connectivity index (χ3n) is 3.68. The number of para-hydroxylation sites is 1. The van der Waals surface area contributed by atoms with Crippen LogP contribution in [-0.4, -0.2) is 19.2 Å². The lowest BCUT2D eigenvalue weighted by atomic mass is 10.3. The minimum Gasteiger partial charge on any atom is -0.408 e. The first-order valence-corrected chi connectivity index (χ1v) is 10.4. The van der Waals surface area contributed by atoms with Crippen molar-refractivity contribution in [3.8, 4) is 0 Å². The highest BCUT2D eigenvalue weighted by Gasteiger charge is 2.22. The van der Waals surface area contributed by atoms with Gasteiger partial charge in [0, 0.05) is 17.5 Å². The molecule has 1 aromatic heterocycles. The van der Waals surface area contributed by atoms with Crippen LogP contribution in [0.3, 0.4) is 0 Å². The maximum atomic E-state index is 12.8. The lowest BCUT2D eigenvalue weighted by molar-refractivity contribution is 0.512. The SMILES string of the molecule is CCn1c(=O)oc2cc(S(=O)(=O)Nc3ccccc3SC)c(Cl)cc21. The Labute approximate surface area is 153 Å². The summed E-state index contributed by atoms with van der Waals surface area (Å²) in [7, 11) is -3.94. The molecule has 0 amide bonds. The van der Waals surface area contributed by atoms with Gasteiger partial charge in [0.15, 0.2) is 5.58 Å². The zero-order valence-corrected chi connectivity index (χ0v) is 15.8. The Morgan fingerprint density at radius 2 is 2.00 bits per heavy atom. The topological polar surface area (TPSA) is 81.3 Å². The Kier molecular flexibility index (Phi) is 4.86. The molecule has 3 rings (SSSR count). The van der Waals surface area contributed by atoms with E-state index in [2.05, 4.69) is 4.72 Å². The molecule has 0 fully saturated rings. The van der Waals surface area contributed by atoms with Gasteiger partial charge >= 0.3 is 5.76 Å². The molecule has 1 heterocycles. The zero-order valence-electron chi connectivity index (χ0n) is 13.4. The van der Waals surface area contributed by atoms with Crippen molar-refractivity contribution in [3.05, 3.63) is 52.0 Å². The Hall–Kier alpha value is -1.90. The van der Waals surface area contributed by atoms with Gasteiger partial charge in [-0.05, 0) is 31.4 Å². The number of hydrogen-bond acceptors (Lipinski definition) is 5. The van der Waals surface area contributed by atoms with Gasteiger partial charge in [-0.15, -0.1) is 11.8 Å². The number of aryl methyl sites for hydroxylation is 1. The number of anilines is 1. The number of aromatic nitrogens is 1. The Balaban J connectivity index is 2.11. The van der Waals surface area contributed by atoms with Crippen LogP contribution in [0.4, 0.5) is 5.69 Å². The number of thioether (sulfide) groups is 1. The van der Waals surface area contributed by atoms with Crippen molar-refractivity contribution in [1.82, 2.24) is 4.57 Å². The molecule has 0 atom stereocenters. The van der Waals surface area contributed by atoms with E-state index in [1.165, 1.54) is 28.5 Å². The molecular formula is C16H15ClN2O4S2. The largest absolute Gasteiger partial charge is 0.419 e. The summed E-state index contributed by atoms with van der Waals surface area (Å²) in [6.45, 7) is 2.18. The van der Waals surface area contributed by atoms with E-state index in [0.717, 1.165) is 4.90 Å². The molecule has 0 aliphatic heterocycles. The number of rotatable bonds is 5. The van der Waals surface area contributed by atoms with E-state index in [-0.39, 0.29) is 15.5 Å². The maximum absolute atomic E-state index is 12.8. The Morgan fingerprint density at radius 3 is 2.68 bits per heavy atom. The van der Waals surface area contributed by atoms with Crippen LogP contribution < -0.4 is 10.5 Å². The van der Waals surface area contributed by atoms with Crippen LogP contribution in [0.15, 0.2) is 55.4 Å². The van der Waals surface area contributed by atoms with Gasteiger partial charge in [-0.3, -0.25) is 9.29 Å². The molecule has 0 saturated carbocycles. The van der Waals surface area contributed by atoms with Crippen molar-refractivity contribution >= 4 is 50.2 Å². The lowest BCUT2D eigenvalue weighted by Crippen LogP contribution is -2.14. The first kappa shape index (κ1) is 17.9. The predicted molar refractivity (Wildman–Crippen MR) is 100 cm³/mol. The summed E-state index contributed by atoms with van der Waals surface area (Å²) in [5.74, 6) is -0.552. The molecule has 0 radical (unpaired) electrons. The molecule has 0 spiro atoms. The number of nitrogens with one attached hydrogen (secondary N) is 1. The third kappa shape index (κ3) is 3.29. The van der Waals surface area contributed by atoms with Gasteiger partial charge in [0.2, 0.25) is 0 Å². The minimum absolute atomic E-state index is 0.0182. The minimum atomic E-state index is -3.94. The summed E-state index contributed by atoms with van der Waals surface area (Å²) in [4.78, 5) is 12.4. The third-order valence-corrected chi connectivity index (χ3v) is 6.30. The van der Waals surface area contributed by atoms with E-state index in [9.17, 15) is 13.2 Å². The number of oxazole rings is 1. The van der Waals surface area contributed by atoms with Gasteiger partial charge < -0.3 is 4.42 Å². The van der Waals surface area contributed by atoms with Crippen LogP contribution in [0.1, 0.15) is 6.92 Å². The van der Waals surface area contributed by atoms with E-state index in [1.54, 1.807) is 19.1 Å². The van der Waals surface area contributed by atoms with Gasteiger partial charge in [0.05, 0.1) is 16.2 Å². The summed E-state index contributed by atoms with van der Waals surface area (Å²) in [6, 6.07) is 9.75. The normalized spacial score (nSPS) is 11.8. The molecular weight excluding hydrogens is 384 g/mol. The molecule has 0 aliphatic rings. The standard InChI is InChI=1S/C16H15ClN2O4S2/c1-3-19-12-8-10(17)15(9-13(12)23-16(19)20)25(21,22)18-11-6-4-5-7-14(11)24-2/h4-9,18H,3H2,1-2H3. The average Bonchev–Trinajstić information content (AvgIpc) is 2.88. The smallest absolute Gasteiger partial charge is 0.408 e. The maximum Gasteiger partial charge on any atom is 0.419 e. The van der Waals surface area contributed by atoms with E-state index < -0.39 is 15.8 Å². The summed E-state index contributed by atoms with van der Waals surface area (Å²) in [5, 5.41) is 0.0182. The summed E-state index contributed by atoms with van der Waals surface area (Å²) in [6.07, 6.45) is 1.86. The number of hydrogen-bond donors (Lipinski definition) is 1. The van der Waals surface area contributed by atoms with Crippen LogP contribution in [0.2, 0.25) is 5.02 Å². The van der Waals surface area contributed by atoms with Crippen LogP contribution in [0.5, 0.6) is 0 Å². The predicted octanol–water partition coefficient (Wildman–Crippen LogP) is 3.79. The monoisotopic (exact) mass is 398 g/mol. The average molecular weight is 399 g/mol. The van der Waals surface area contributed by atoms with Gasteiger partial charge in [0.25, 0.3) is 10.0 Å². The molecule has 6 nitrogen and oxygen atoms in total. The second kappa shape index (κ2) is 6.78. The number of fused-ring (bicyclic) bond motifs is 1. The number of sulfonamides is 1. The van der Waals surface area contributed by atoms with E-state index in [1.807, 2.05) is 18.4 Å². The Morgan fingerprint density at radius 1 is 1.28 bits per heavy atom. The lowest BCUT2D eigenvalue weighted by Gasteiger charge is -2.12. The second-order valence-corrected chi connectivity index (χ2v) is 8.07. The molecule has 3 aromatic rings. The molecule has 0 unspecified atom stereocenters. The molecule has 0 saturated heterocycles. The second-order valence-electron chi connectivity index (χ2n) is 5.17. The van der Waals surface area contributed by atoms with E-state index in [0.29, 0.717) is 17.7 Å². The van der Waals surface area contributed by atoms with Gasteiger partial charge in [-0.1, -0.05) is 23.7 Å². The molecule has 0 bridgehead atoms. The highest BCUT2D eigenvalue weighted by molar-refractivity contribution is 7.99. The van der Waals surface area contributed by atoms with Gasteiger partial charge in [-0.2, -0.15) is 0 Å². The summed E-state index contributed by atoms with van der Waals surface area (Å²) in [5.41, 5.74) is 1.09. The van der Waals surface area contributed by atoms with Crippen molar-refractivity contribution in [1.29, 1.82) is 0 Å². The van der Waals surface area contributed by atoms with Crippen molar-refractivity contribution in [3.63, 3.8) is 0 Å². The summed E-state index contributed by atoms with van der Waals surface area (Å²) >= 11 is 7.61. The molecule has 0 aliphatic carbocycles. The van der Waals surface area contributed by atoms with Crippen LogP contribution in [-0.2, 0) is 16.6 Å². The number of halogens is 1. The fourth-order valence-corrected chi connectivity index (χ4v) is 4.73. The van der Waals surface area contributed by atoms with E-state index in [4.69, 9.17) is 16.0 Å². The summed E-state index contributed by atoms with van der Waals surface area (Å²) < 4.78 is 34.6. The number of benzene rings is 2. The first-order chi connectivity index (χ1) is 11.9. The highest BCUT2D eigenvalue weighted by Crippen LogP contribution is 2.31. The number of nitrogens with zero attached hydrogens (tertiary/aromatic N) is 1. The molecule has 9 heteroatoms. The zero-order chi connectivity index (χ0) is 18.2. The van der Waals surface area contributed by atoms with Crippen molar-refractivity contribution in [2.45, 2.75) is 23.3 Å². The van der Waals surface area contributed by atoms with Crippen molar-refractivity contribution < 1.29 is 12.8 Å². The van der Waals surface area contributed by atoms with Crippen molar-refractivity contribution in [2.75, 3.05) is 11.0 Å². The van der Waals surface area contributed by atoms with Crippen LogP contribution in [0.25, 0.3) is 11.1 Å². The van der Waals surface area contributed by atoms with Gasteiger partial charge in [0.1, 0.15) is 4.90 Å².